The highest BCUT2D eigenvalue weighted by molar-refractivity contribution is 8.02. The fourth-order valence-electron chi connectivity index (χ4n) is 1.82. The molecule has 0 spiro atoms. The van der Waals surface area contributed by atoms with E-state index in [1.807, 2.05) is 0 Å². The number of allylic oxidation sites excluding steroid dienone is 4. The molecule has 16 heavy (non-hydrogen) atoms. The molecular formula is C11H12F3NS. The quantitative estimate of drug-likeness (QED) is 0.762. The van der Waals surface area contributed by atoms with E-state index in [-0.39, 0.29) is 0 Å². The Morgan fingerprint density at radius 3 is 2.75 bits per heavy atom. The molecule has 0 radical (unpaired) electrons. The van der Waals surface area contributed by atoms with Gasteiger partial charge in [-0.15, -0.1) is 11.8 Å². The zero-order valence-corrected chi connectivity index (χ0v) is 9.42. The van der Waals surface area contributed by atoms with Gasteiger partial charge in [-0.25, -0.2) is 0 Å². The Bertz CT molecular complexity index is 366. The Kier molecular flexibility index (Phi) is 3.33. The third-order valence-corrected chi connectivity index (χ3v) is 3.38. The minimum atomic E-state index is -4.25. The van der Waals surface area contributed by atoms with Crippen molar-refractivity contribution in [3.05, 3.63) is 34.4 Å². The van der Waals surface area contributed by atoms with Gasteiger partial charge in [0.25, 0.3) is 0 Å². The first-order chi connectivity index (χ1) is 7.59. The molecule has 0 fully saturated rings. The van der Waals surface area contributed by atoms with Gasteiger partial charge in [0, 0.05) is 18.0 Å². The lowest BCUT2D eigenvalue weighted by Gasteiger charge is -2.23. The summed E-state index contributed by atoms with van der Waals surface area (Å²) in [7, 11) is 0. The van der Waals surface area contributed by atoms with Crippen LogP contribution in [0.5, 0.6) is 0 Å². The van der Waals surface area contributed by atoms with E-state index in [0.29, 0.717) is 24.1 Å². The summed E-state index contributed by atoms with van der Waals surface area (Å²) in [5, 5.41) is 4.83. The highest BCUT2D eigenvalue weighted by Crippen LogP contribution is 2.36. The second-order valence-corrected chi connectivity index (χ2v) is 4.64. The lowest BCUT2D eigenvalue weighted by Crippen LogP contribution is -2.24. The molecule has 0 aromatic carbocycles. The van der Waals surface area contributed by atoms with E-state index in [9.17, 15) is 13.2 Å². The van der Waals surface area contributed by atoms with Crippen molar-refractivity contribution in [2.45, 2.75) is 19.0 Å². The van der Waals surface area contributed by atoms with Crippen molar-refractivity contribution >= 4 is 11.8 Å². The molecule has 0 atom stereocenters. The summed E-state index contributed by atoms with van der Waals surface area (Å²) >= 11 is 1.56. The maximum absolute atomic E-state index is 12.8. The van der Waals surface area contributed by atoms with Crippen LogP contribution in [-0.2, 0) is 0 Å². The van der Waals surface area contributed by atoms with E-state index < -0.39 is 11.7 Å². The molecule has 1 nitrogen and oxygen atoms in total. The van der Waals surface area contributed by atoms with Gasteiger partial charge in [0.05, 0.1) is 5.57 Å². The van der Waals surface area contributed by atoms with E-state index >= 15 is 0 Å². The van der Waals surface area contributed by atoms with Crippen LogP contribution in [-0.4, -0.2) is 18.5 Å². The standard InChI is InChI=1S/C11H12F3NS/c12-11(13,14)9-4-2-1-3-8(9)10-7-16-6-5-15-10/h2,4,7,15H,1,3,5-6H2. The Hall–Kier alpha value is -0.840. The first-order valence-electron chi connectivity index (χ1n) is 5.12. The van der Waals surface area contributed by atoms with Crippen LogP contribution in [0, 0.1) is 0 Å². The zero-order valence-electron chi connectivity index (χ0n) is 8.60. The van der Waals surface area contributed by atoms with Crippen molar-refractivity contribution in [3.8, 4) is 0 Å². The first kappa shape index (κ1) is 11.6. The number of nitrogens with one attached hydrogen (secondary N) is 1. The monoisotopic (exact) mass is 247 g/mol. The number of rotatable bonds is 1. The van der Waals surface area contributed by atoms with E-state index in [1.165, 1.54) is 6.08 Å². The van der Waals surface area contributed by atoms with Gasteiger partial charge in [0.15, 0.2) is 0 Å². The molecule has 0 amide bonds. The molecular weight excluding hydrogens is 235 g/mol. The largest absolute Gasteiger partial charge is 0.416 e. The van der Waals surface area contributed by atoms with E-state index in [2.05, 4.69) is 5.32 Å². The van der Waals surface area contributed by atoms with Crippen LogP contribution in [0.4, 0.5) is 13.2 Å². The fourth-order valence-corrected chi connectivity index (χ4v) is 2.55. The Balaban J connectivity index is 2.37. The molecule has 0 saturated heterocycles. The zero-order chi connectivity index (χ0) is 11.6. The fraction of sp³-hybridized carbons (Fsp3) is 0.455. The van der Waals surface area contributed by atoms with Gasteiger partial charge >= 0.3 is 6.18 Å². The lowest BCUT2D eigenvalue weighted by molar-refractivity contribution is -0.0892. The van der Waals surface area contributed by atoms with Crippen LogP contribution in [0.1, 0.15) is 12.8 Å². The third-order valence-electron chi connectivity index (χ3n) is 2.54. The normalized spacial score (nSPS) is 21.8. The highest BCUT2D eigenvalue weighted by Gasteiger charge is 2.36. The Labute approximate surface area is 96.5 Å². The molecule has 2 aliphatic rings. The summed E-state index contributed by atoms with van der Waals surface area (Å²) in [6.07, 6.45) is -0.330. The lowest BCUT2D eigenvalue weighted by atomic mass is 9.95. The Morgan fingerprint density at radius 1 is 1.31 bits per heavy atom. The van der Waals surface area contributed by atoms with Gasteiger partial charge < -0.3 is 5.32 Å². The molecule has 0 unspecified atom stereocenters. The van der Waals surface area contributed by atoms with Crippen molar-refractivity contribution in [1.29, 1.82) is 0 Å². The minimum Gasteiger partial charge on any atom is -0.384 e. The molecule has 0 aromatic heterocycles. The van der Waals surface area contributed by atoms with Crippen molar-refractivity contribution in [2.24, 2.45) is 0 Å². The second kappa shape index (κ2) is 4.57. The van der Waals surface area contributed by atoms with Crippen LogP contribution in [0.3, 0.4) is 0 Å². The van der Waals surface area contributed by atoms with E-state index in [4.69, 9.17) is 0 Å². The molecule has 1 heterocycles. The number of alkyl halides is 3. The summed E-state index contributed by atoms with van der Waals surface area (Å²) in [4.78, 5) is 0. The molecule has 2 rings (SSSR count). The third kappa shape index (κ3) is 2.45. The summed E-state index contributed by atoms with van der Waals surface area (Å²) in [6, 6.07) is 0. The maximum Gasteiger partial charge on any atom is 0.416 e. The molecule has 5 heteroatoms. The van der Waals surface area contributed by atoms with Crippen LogP contribution >= 0.6 is 11.8 Å². The highest BCUT2D eigenvalue weighted by atomic mass is 32.2. The average Bonchev–Trinajstić information content (AvgIpc) is 2.29. The number of hydrogen-bond donors (Lipinski definition) is 1. The summed E-state index contributed by atoms with van der Waals surface area (Å²) in [5.74, 6) is 0.911. The van der Waals surface area contributed by atoms with Crippen molar-refractivity contribution in [1.82, 2.24) is 5.32 Å². The predicted octanol–water partition coefficient (Wildman–Crippen LogP) is 3.37. The summed E-state index contributed by atoms with van der Waals surface area (Å²) in [5.41, 5.74) is 0.551. The van der Waals surface area contributed by atoms with Gasteiger partial charge in [-0.3, -0.25) is 0 Å². The van der Waals surface area contributed by atoms with Crippen molar-refractivity contribution in [2.75, 3.05) is 12.3 Å². The molecule has 1 N–H and O–H groups in total. The summed E-state index contributed by atoms with van der Waals surface area (Å²) < 4.78 is 38.3. The van der Waals surface area contributed by atoms with Gasteiger partial charge in [-0.05, 0) is 23.8 Å². The topological polar surface area (TPSA) is 12.0 Å². The van der Waals surface area contributed by atoms with Gasteiger partial charge in [-0.2, -0.15) is 13.2 Å². The molecule has 0 aromatic rings. The SMILES string of the molecule is FC(F)(F)C1=C(C2=CSCCN2)CCC=C1. The number of thioether (sulfide) groups is 1. The minimum absolute atomic E-state index is 0.405. The van der Waals surface area contributed by atoms with Gasteiger partial charge in [0.2, 0.25) is 0 Å². The maximum atomic E-state index is 12.8. The molecule has 0 bridgehead atoms. The van der Waals surface area contributed by atoms with Crippen LogP contribution in [0.15, 0.2) is 34.4 Å². The number of halogens is 3. The van der Waals surface area contributed by atoms with Crippen LogP contribution in [0.25, 0.3) is 0 Å². The average molecular weight is 247 g/mol. The summed E-state index contributed by atoms with van der Waals surface area (Å²) in [6.45, 7) is 0.731. The van der Waals surface area contributed by atoms with Crippen LogP contribution in [0.2, 0.25) is 0 Å². The van der Waals surface area contributed by atoms with Gasteiger partial charge in [0.1, 0.15) is 0 Å². The van der Waals surface area contributed by atoms with Crippen LogP contribution < -0.4 is 5.32 Å². The van der Waals surface area contributed by atoms with E-state index in [1.54, 1.807) is 23.2 Å². The number of hydrogen-bond acceptors (Lipinski definition) is 2. The first-order valence-corrected chi connectivity index (χ1v) is 6.17. The van der Waals surface area contributed by atoms with Gasteiger partial charge in [-0.1, -0.05) is 12.2 Å². The predicted molar refractivity (Wildman–Crippen MR) is 60.0 cm³/mol. The molecule has 1 aliphatic carbocycles. The van der Waals surface area contributed by atoms with Crippen molar-refractivity contribution < 1.29 is 13.2 Å². The Morgan fingerprint density at radius 2 is 2.12 bits per heavy atom. The van der Waals surface area contributed by atoms with Crippen molar-refractivity contribution in [3.63, 3.8) is 0 Å². The van der Waals surface area contributed by atoms with E-state index in [0.717, 1.165) is 12.3 Å². The molecule has 0 saturated carbocycles. The molecule has 88 valence electrons. The second-order valence-electron chi connectivity index (χ2n) is 3.66. The smallest absolute Gasteiger partial charge is 0.384 e. The molecule has 1 aliphatic heterocycles.